The molecular formula is C11H20N6O2. The fourth-order valence-electron chi connectivity index (χ4n) is 1.41. The molecule has 0 fully saturated rings. The van der Waals surface area contributed by atoms with Gasteiger partial charge in [0.2, 0.25) is 11.8 Å². The molecule has 1 rings (SSSR count). The molecule has 1 aromatic rings. The second-order valence-electron chi connectivity index (χ2n) is 4.04. The summed E-state index contributed by atoms with van der Waals surface area (Å²) in [6.45, 7) is 6.93. The van der Waals surface area contributed by atoms with Crippen LogP contribution >= 0.6 is 0 Å². The van der Waals surface area contributed by atoms with Crippen LogP contribution in [0.2, 0.25) is 0 Å². The fourth-order valence-corrected chi connectivity index (χ4v) is 1.41. The Balaban J connectivity index is 2.76. The van der Waals surface area contributed by atoms with E-state index in [1.807, 2.05) is 14.0 Å². The lowest BCUT2D eigenvalue weighted by atomic mass is 10.4. The summed E-state index contributed by atoms with van der Waals surface area (Å²) >= 11 is 0. The zero-order valence-corrected chi connectivity index (χ0v) is 11.5. The number of hydrogen-bond donors (Lipinski definition) is 2. The monoisotopic (exact) mass is 268 g/mol. The lowest BCUT2D eigenvalue weighted by Crippen LogP contribution is -2.25. The maximum Gasteiger partial charge on any atom is 0.329 e. The highest BCUT2D eigenvalue weighted by atomic mass is 16.6. The highest BCUT2D eigenvalue weighted by molar-refractivity contribution is 5.56. The van der Waals surface area contributed by atoms with E-state index >= 15 is 0 Å². The first-order valence-corrected chi connectivity index (χ1v) is 6.26. The van der Waals surface area contributed by atoms with Crippen molar-refractivity contribution in [3.05, 3.63) is 16.3 Å². The third kappa shape index (κ3) is 4.66. The minimum atomic E-state index is -0.485. The lowest BCUT2D eigenvalue weighted by molar-refractivity contribution is -0.384. The van der Waals surface area contributed by atoms with Gasteiger partial charge in [0.05, 0.1) is 4.92 Å². The zero-order valence-electron chi connectivity index (χ0n) is 11.5. The van der Waals surface area contributed by atoms with Crippen molar-refractivity contribution in [1.82, 2.24) is 14.9 Å². The molecule has 106 valence electrons. The summed E-state index contributed by atoms with van der Waals surface area (Å²) in [5, 5.41) is 16.8. The van der Waals surface area contributed by atoms with Gasteiger partial charge in [0.25, 0.3) is 0 Å². The van der Waals surface area contributed by atoms with Crippen LogP contribution in [0.3, 0.4) is 0 Å². The van der Waals surface area contributed by atoms with Gasteiger partial charge in [0, 0.05) is 19.6 Å². The molecule has 8 heteroatoms. The highest BCUT2D eigenvalue weighted by Gasteiger charge is 2.16. The molecule has 1 heterocycles. The second-order valence-corrected chi connectivity index (χ2v) is 4.04. The van der Waals surface area contributed by atoms with Crippen molar-refractivity contribution >= 4 is 17.5 Å². The molecule has 0 saturated heterocycles. The Morgan fingerprint density at radius 1 is 1.42 bits per heavy atom. The molecule has 0 saturated carbocycles. The van der Waals surface area contributed by atoms with Crippen LogP contribution < -0.4 is 10.6 Å². The van der Waals surface area contributed by atoms with Crippen molar-refractivity contribution in [1.29, 1.82) is 0 Å². The first kappa shape index (κ1) is 15.1. The fraction of sp³-hybridized carbons (Fsp3) is 0.636. The van der Waals surface area contributed by atoms with Crippen molar-refractivity contribution in [2.45, 2.75) is 13.8 Å². The van der Waals surface area contributed by atoms with Gasteiger partial charge in [0.1, 0.15) is 6.20 Å². The number of hydrogen-bond acceptors (Lipinski definition) is 7. The van der Waals surface area contributed by atoms with E-state index in [0.29, 0.717) is 19.0 Å². The van der Waals surface area contributed by atoms with E-state index in [4.69, 9.17) is 0 Å². The first-order chi connectivity index (χ1) is 9.08. The van der Waals surface area contributed by atoms with E-state index in [0.717, 1.165) is 13.1 Å². The molecule has 0 radical (unpaired) electrons. The Labute approximate surface area is 112 Å². The maximum atomic E-state index is 10.9. The van der Waals surface area contributed by atoms with E-state index in [1.54, 1.807) is 0 Å². The van der Waals surface area contributed by atoms with Crippen molar-refractivity contribution < 1.29 is 4.92 Å². The minimum Gasteiger partial charge on any atom is -0.363 e. The summed E-state index contributed by atoms with van der Waals surface area (Å²) in [7, 11) is 1.99. The van der Waals surface area contributed by atoms with Crippen LogP contribution in [-0.2, 0) is 0 Å². The predicted molar refractivity (Wildman–Crippen MR) is 74.5 cm³/mol. The average molecular weight is 268 g/mol. The van der Waals surface area contributed by atoms with Crippen LogP contribution in [0.15, 0.2) is 6.20 Å². The minimum absolute atomic E-state index is 0.110. The normalized spacial score (nSPS) is 10.5. The molecule has 0 aromatic carbocycles. The van der Waals surface area contributed by atoms with E-state index in [9.17, 15) is 10.1 Å². The van der Waals surface area contributed by atoms with Crippen LogP contribution in [0.4, 0.5) is 17.5 Å². The zero-order chi connectivity index (χ0) is 14.3. The number of anilines is 2. The molecule has 0 aliphatic heterocycles. The van der Waals surface area contributed by atoms with Gasteiger partial charge in [0.15, 0.2) is 0 Å². The molecule has 0 aliphatic rings. The summed E-state index contributed by atoms with van der Waals surface area (Å²) in [6.07, 6.45) is 1.22. The molecule has 0 amide bonds. The molecule has 19 heavy (non-hydrogen) atoms. The molecule has 0 unspecified atom stereocenters. The van der Waals surface area contributed by atoms with Crippen molar-refractivity contribution in [3.63, 3.8) is 0 Å². The first-order valence-electron chi connectivity index (χ1n) is 6.26. The lowest BCUT2D eigenvalue weighted by Gasteiger charge is -2.14. The highest BCUT2D eigenvalue weighted by Crippen LogP contribution is 2.21. The van der Waals surface area contributed by atoms with Gasteiger partial charge >= 0.3 is 5.69 Å². The Bertz CT molecular complexity index is 426. The molecule has 0 atom stereocenters. The smallest absolute Gasteiger partial charge is 0.329 e. The number of nitro groups is 1. The summed E-state index contributed by atoms with van der Waals surface area (Å²) in [4.78, 5) is 20.5. The summed E-state index contributed by atoms with van der Waals surface area (Å²) in [6, 6.07) is 0. The predicted octanol–water partition coefficient (Wildman–Crippen LogP) is 1.18. The van der Waals surface area contributed by atoms with Crippen LogP contribution in [0.1, 0.15) is 13.8 Å². The number of nitrogens with one attached hydrogen (secondary N) is 2. The summed E-state index contributed by atoms with van der Waals surface area (Å²) in [5.41, 5.74) is -0.110. The van der Waals surface area contributed by atoms with Gasteiger partial charge in [-0.2, -0.15) is 4.98 Å². The third-order valence-corrected chi connectivity index (χ3v) is 2.63. The van der Waals surface area contributed by atoms with E-state index in [-0.39, 0.29) is 11.5 Å². The van der Waals surface area contributed by atoms with Gasteiger partial charge < -0.3 is 15.5 Å². The summed E-state index contributed by atoms with van der Waals surface area (Å²) in [5.74, 6) is 0.639. The molecule has 0 bridgehead atoms. The number of rotatable bonds is 8. The Kier molecular flexibility index (Phi) is 5.94. The van der Waals surface area contributed by atoms with Crippen LogP contribution in [0.5, 0.6) is 0 Å². The molecule has 0 aliphatic carbocycles. The molecule has 0 spiro atoms. The Morgan fingerprint density at radius 3 is 2.74 bits per heavy atom. The average Bonchev–Trinajstić information content (AvgIpc) is 2.38. The summed E-state index contributed by atoms with van der Waals surface area (Å²) < 4.78 is 0. The van der Waals surface area contributed by atoms with E-state index < -0.39 is 4.92 Å². The molecule has 2 N–H and O–H groups in total. The second kappa shape index (κ2) is 7.47. The van der Waals surface area contributed by atoms with E-state index in [1.165, 1.54) is 6.20 Å². The topological polar surface area (TPSA) is 96.2 Å². The van der Waals surface area contributed by atoms with Gasteiger partial charge in [-0.15, -0.1) is 0 Å². The van der Waals surface area contributed by atoms with Crippen molar-refractivity contribution in [2.24, 2.45) is 0 Å². The van der Waals surface area contributed by atoms with Crippen molar-refractivity contribution in [2.75, 3.05) is 43.9 Å². The SMILES string of the molecule is CCNc1ncc([N+](=O)[O-])c(NCCN(C)CC)n1. The number of nitrogens with zero attached hydrogens (tertiary/aromatic N) is 4. The maximum absolute atomic E-state index is 10.9. The number of aromatic nitrogens is 2. The standard InChI is InChI=1S/C11H20N6O2/c1-4-12-11-14-8-9(17(18)19)10(15-11)13-6-7-16(3)5-2/h8H,4-7H2,1-3H3,(H2,12,13,14,15). The van der Waals surface area contributed by atoms with Gasteiger partial charge in [-0.05, 0) is 20.5 Å². The number of likely N-dealkylation sites (N-methyl/N-ethyl adjacent to an activating group) is 1. The van der Waals surface area contributed by atoms with Crippen LogP contribution in [0.25, 0.3) is 0 Å². The van der Waals surface area contributed by atoms with Gasteiger partial charge in [-0.25, -0.2) is 4.98 Å². The Morgan fingerprint density at radius 2 is 2.16 bits per heavy atom. The Hall–Kier alpha value is -1.96. The molecular weight excluding hydrogens is 248 g/mol. The van der Waals surface area contributed by atoms with Crippen molar-refractivity contribution in [3.8, 4) is 0 Å². The van der Waals surface area contributed by atoms with Crippen LogP contribution in [-0.4, -0.2) is 53.0 Å². The van der Waals surface area contributed by atoms with Gasteiger partial charge in [-0.1, -0.05) is 6.92 Å². The van der Waals surface area contributed by atoms with Gasteiger partial charge in [-0.3, -0.25) is 10.1 Å². The molecule has 8 nitrogen and oxygen atoms in total. The quantitative estimate of drug-likeness (QED) is 0.539. The molecule has 1 aromatic heterocycles. The van der Waals surface area contributed by atoms with Crippen LogP contribution in [0, 0.1) is 10.1 Å². The third-order valence-electron chi connectivity index (χ3n) is 2.63. The van der Waals surface area contributed by atoms with E-state index in [2.05, 4.69) is 32.4 Å². The largest absolute Gasteiger partial charge is 0.363 e.